The van der Waals surface area contributed by atoms with Crippen molar-refractivity contribution in [1.82, 2.24) is 9.47 Å². The number of nitrogens with zero attached hydrogens (tertiary/aromatic N) is 4. The van der Waals surface area contributed by atoms with E-state index in [1.165, 1.54) is 6.07 Å². The molecule has 7 heteroatoms. The Balaban J connectivity index is 1.55. The Morgan fingerprint density at radius 1 is 1.06 bits per heavy atom. The molecular weight excluding hydrogens is 483 g/mol. The van der Waals surface area contributed by atoms with Crippen molar-refractivity contribution in [3.05, 3.63) is 87.4 Å². The van der Waals surface area contributed by atoms with Crippen LogP contribution in [0.4, 0.5) is 10.1 Å². The molecule has 0 atom stereocenters. The number of para-hydroxylation sites is 1. The molecule has 0 saturated carbocycles. The molecule has 1 saturated heterocycles. The highest BCUT2D eigenvalue weighted by Crippen LogP contribution is 2.26. The van der Waals surface area contributed by atoms with Crippen molar-refractivity contribution in [2.24, 2.45) is 0 Å². The highest BCUT2D eigenvalue weighted by Gasteiger charge is 2.24. The maximum atomic E-state index is 14.6. The second-order valence-electron chi connectivity index (χ2n) is 8.04. The topological polar surface area (TPSA) is 52.3 Å². The first-order chi connectivity index (χ1) is 15.9. The van der Waals surface area contributed by atoms with E-state index in [-0.39, 0.29) is 17.3 Å². The van der Waals surface area contributed by atoms with Gasteiger partial charge in [-0.05, 0) is 61.9 Å². The molecule has 5 nitrogen and oxygen atoms in total. The van der Waals surface area contributed by atoms with Gasteiger partial charge < -0.3 is 14.4 Å². The molecule has 0 bridgehead atoms. The van der Waals surface area contributed by atoms with E-state index in [0.717, 1.165) is 22.6 Å². The van der Waals surface area contributed by atoms with E-state index in [1.807, 2.05) is 38.1 Å². The molecule has 1 fully saturated rings. The van der Waals surface area contributed by atoms with Gasteiger partial charge in [-0.15, -0.1) is 0 Å². The monoisotopic (exact) mass is 506 g/mol. The Bertz CT molecular complexity index is 1250. The summed E-state index contributed by atoms with van der Waals surface area (Å²) in [5.41, 5.74) is 3.95. The van der Waals surface area contributed by atoms with E-state index in [2.05, 4.69) is 39.0 Å². The molecule has 0 N–H and O–H groups in total. The molecule has 2 heterocycles. The van der Waals surface area contributed by atoms with Crippen LogP contribution in [0.15, 0.2) is 64.6 Å². The molecule has 3 aromatic rings. The minimum Gasteiger partial charge on any atom is -0.368 e. The summed E-state index contributed by atoms with van der Waals surface area (Å²) < 4.78 is 17.0. The van der Waals surface area contributed by atoms with Gasteiger partial charge in [-0.3, -0.25) is 4.79 Å². The van der Waals surface area contributed by atoms with Gasteiger partial charge in [0.2, 0.25) is 0 Å². The number of amides is 1. The first kappa shape index (κ1) is 22.8. The molecule has 1 aromatic heterocycles. The zero-order valence-electron chi connectivity index (χ0n) is 18.6. The number of carbonyl (C=O) groups is 1. The highest BCUT2D eigenvalue weighted by atomic mass is 79.9. The van der Waals surface area contributed by atoms with Gasteiger partial charge in [-0.1, -0.05) is 34.1 Å². The Morgan fingerprint density at radius 2 is 1.76 bits per heavy atom. The summed E-state index contributed by atoms with van der Waals surface area (Å²) >= 11 is 3.28. The van der Waals surface area contributed by atoms with Crippen LogP contribution in [0.3, 0.4) is 0 Å². The quantitative estimate of drug-likeness (QED) is 0.358. The van der Waals surface area contributed by atoms with Gasteiger partial charge in [0.25, 0.3) is 5.91 Å². The molecule has 1 aliphatic rings. The second kappa shape index (κ2) is 9.63. The van der Waals surface area contributed by atoms with Gasteiger partial charge in [-0.25, -0.2) is 4.39 Å². The Hall–Kier alpha value is -3.37. The number of hydrogen-bond donors (Lipinski definition) is 0. The molecule has 0 aliphatic carbocycles. The van der Waals surface area contributed by atoms with Crippen molar-refractivity contribution < 1.29 is 9.18 Å². The van der Waals surface area contributed by atoms with E-state index in [1.54, 1.807) is 27.7 Å². The number of aromatic nitrogens is 1. The van der Waals surface area contributed by atoms with E-state index in [4.69, 9.17) is 0 Å². The van der Waals surface area contributed by atoms with Crippen molar-refractivity contribution in [3.63, 3.8) is 0 Å². The molecule has 0 radical (unpaired) electrons. The standard InChI is InChI=1S/C26H24BrFN4O/c1-18-14-20(19(2)32(18)25-9-8-22(27)16-24(25)28)15-21(17-29)26(33)31-12-10-30(11-13-31)23-6-4-3-5-7-23/h3-9,14-16H,10-13H2,1-2H3/b21-15-. The summed E-state index contributed by atoms with van der Waals surface area (Å²) in [6, 6.07) is 18.9. The number of anilines is 1. The Morgan fingerprint density at radius 3 is 2.39 bits per heavy atom. The molecule has 33 heavy (non-hydrogen) atoms. The van der Waals surface area contributed by atoms with Gasteiger partial charge in [0.15, 0.2) is 0 Å². The maximum Gasteiger partial charge on any atom is 0.264 e. The van der Waals surface area contributed by atoms with Crippen LogP contribution in [-0.2, 0) is 4.79 Å². The summed E-state index contributed by atoms with van der Waals surface area (Å²) in [6.45, 7) is 6.27. The summed E-state index contributed by atoms with van der Waals surface area (Å²) in [6.07, 6.45) is 1.61. The van der Waals surface area contributed by atoms with Crippen LogP contribution >= 0.6 is 15.9 Å². The molecule has 0 spiro atoms. The number of halogens is 2. The zero-order valence-corrected chi connectivity index (χ0v) is 20.1. The fourth-order valence-corrected chi connectivity index (χ4v) is 4.57. The zero-order chi connectivity index (χ0) is 23.5. The molecule has 0 unspecified atom stereocenters. The van der Waals surface area contributed by atoms with Gasteiger partial charge in [0.1, 0.15) is 17.5 Å². The predicted octanol–water partition coefficient (Wildman–Crippen LogP) is 5.25. The van der Waals surface area contributed by atoms with E-state index >= 15 is 0 Å². The van der Waals surface area contributed by atoms with E-state index < -0.39 is 0 Å². The first-order valence-corrected chi connectivity index (χ1v) is 11.5. The predicted molar refractivity (Wildman–Crippen MR) is 132 cm³/mol. The largest absolute Gasteiger partial charge is 0.368 e. The summed E-state index contributed by atoms with van der Waals surface area (Å²) in [4.78, 5) is 17.0. The van der Waals surface area contributed by atoms with Crippen LogP contribution in [0.25, 0.3) is 11.8 Å². The minimum atomic E-state index is -0.352. The number of aryl methyl sites for hydroxylation is 1. The number of nitriles is 1. The first-order valence-electron chi connectivity index (χ1n) is 10.7. The summed E-state index contributed by atoms with van der Waals surface area (Å²) in [7, 11) is 0. The van der Waals surface area contributed by atoms with Crippen LogP contribution in [0, 0.1) is 31.0 Å². The number of benzene rings is 2. The third kappa shape index (κ3) is 4.71. The smallest absolute Gasteiger partial charge is 0.264 e. The molecule has 168 valence electrons. The Labute approximate surface area is 201 Å². The minimum absolute atomic E-state index is 0.0830. The maximum absolute atomic E-state index is 14.6. The SMILES string of the molecule is Cc1cc(/C=C(/C#N)C(=O)N2CCN(c3ccccc3)CC2)c(C)n1-c1ccc(Br)cc1F. The van der Waals surface area contributed by atoms with Gasteiger partial charge in [0, 0.05) is 47.7 Å². The van der Waals surface area contributed by atoms with Crippen LogP contribution in [-0.4, -0.2) is 41.6 Å². The normalized spacial score (nSPS) is 14.3. The third-order valence-corrected chi connectivity index (χ3v) is 6.45. The lowest BCUT2D eigenvalue weighted by Gasteiger charge is -2.36. The summed E-state index contributed by atoms with van der Waals surface area (Å²) in [5.74, 6) is -0.626. The van der Waals surface area contributed by atoms with Crippen LogP contribution in [0.1, 0.15) is 17.0 Å². The number of rotatable bonds is 4. The van der Waals surface area contributed by atoms with Crippen molar-refractivity contribution in [3.8, 4) is 11.8 Å². The lowest BCUT2D eigenvalue weighted by Crippen LogP contribution is -2.49. The average Bonchev–Trinajstić information content (AvgIpc) is 3.10. The van der Waals surface area contributed by atoms with Gasteiger partial charge in [-0.2, -0.15) is 5.26 Å². The Kier molecular flexibility index (Phi) is 6.66. The second-order valence-corrected chi connectivity index (χ2v) is 8.96. The number of hydrogen-bond acceptors (Lipinski definition) is 3. The van der Waals surface area contributed by atoms with Gasteiger partial charge >= 0.3 is 0 Å². The van der Waals surface area contributed by atoms with Crippen molar-refractivity contribution >= 4 is 33.6 Å². The molecule has 4 rings (SSSR count). The number of piperazine rings is 1. The lowest BCUT2D eigenvalue weighted by atomic mass is 10.1. The molecule has 2 aromatic carbocycles. The van der Waals surface area contributed by atoms with Crippen LogP contribution in [0.2, 0.25) is 0 Å². The third-order valence-electron chi connectivity index (χ3n) is 5.96. The van der Waals surface area contributed by atoms with Crippen LogP contribution in [0.5, 0.6) is 0 Å². The van der Waals surface area contributed by atoms with Crippen LogP contribution < -0.4 is 4.90 Å². The summed E-state index contributed by atoms with van der Waals surface area (Å²) in [5, 5.41) is 9.73. The highest BCUT2D eigenvalue weighted by molar-refractivity contribution is 9.10. The fraction of sp³-hybridized carbons (Fsp3) is 0.231. The molecule has 1 amide bonds. The molecule has 1 aliphatic heterocycles. The van der Waals surface area contributed by atoms with E-state index in [0.29, 0.717) is 36.3 Å². The lowest BCUT2D eigenvalue weighted by molar-refractivity contribution is -0.126. The van der Waals surface area contributed by atoms with Crippen molar-refractivity contribution in [1.29, 1.82) is 5.26 Å². The molecular formula is C26H24BrFN4O. The fourth-order valence-electron chi connectivity index (χ4n) is 4.24. The van der Waals surface area contributed by atoms with Crippen molar-refractivity contribution in [2.75, 3.05) is 31.1 Å². The van der Waals surface area contributed by atoms with Crippen molar-refractivity contribution in [2.45, 2.75) is 13.8 Å². The number of carbonyl (C=O) groups excluding carboxylic acids is 1. The average molecular weight is 507 g/mol. The van der Waals surface area contributed by atoms with E-state index in [9.17, 15) is 14.4 Å². The van der Waals surface area contributed by atoms with Gasteiger partial charge in [0.05, 0.1) is 5.69 Å².